The van der Waals surface area contributed by atoms with Crippen LogP contribution in [0.5, 0.6) is 0 Å². The molecule has 0 fully saturated rings. The summed E-state index contributed by atoms with van der Waals surface area (Å²) in [5.41, 5.74) is 0. The number of alkyl halides is 1. The molecule has 0 radical (unpaired) electrons. The second kappa shape index (κ2) is 4.82. The molecule has 0 atom stereocenters. The van der Waals surface area contributed by atoms with Crippen LogP contribution in [-0.2, 0) is 0 Å². The monoisotopic (exact) mass is 254 g/mol. The van der Waals surface area contributed by atoms with Crippen molar-refractivity contribution in [3.05, 3.63) is 12.4 Å². The standard InChI is InChI=1S/C7H15IN2/c1-7(9(2)3)10(4)6-5-8/h1,5-6H2,2-4H3. The molecule has 0 heterocycles. The van der Waals surface area contributed by atoms with E-state index >= 15 is 0 Å². The first-order valence-corrected chi connectivity index (χ1v) is 4.75. The molecule has 0 saturated carbocycles. The van der Waals surface area contributed by atoms with Crippen molar-refractivity contribution >= 4 is 22.6 Å². The number of hydrogen-bond acceptors (Lipinski definition) is 2. The normalized spacial score (nSPS) is 9.20. The van der Waals surface area contributed by atoms with E-state index in [1.54, 1.807) is 0 Å². The fraction of sp³-hybridized carbons (Fsp3) is 0.714. The Bertz CT molecular complexity index is 112. The number of nitrogens with zero attached hydrogens (tertiary/aromatic N) is 2. The molecule has 0 aliphatic heterocycles. The van der Waals surface area contributed by atoms with E-state index in [4.69, 9.17) is 0 Å². The molecule has 60 valence electrons. The van der Waals surface area contributed by atoms with Crippen molar-refractivity contribution in [1.82, 2.24) is 9.80 Å². The van der Waals surface area contributed by atoms with Crippen LogP contribution >= 0.6 is 22.6 Å². The van der Waals surface area contributed by atoms with Crippen LogP contribution in [0.15, 0.2) is 12.4 Å². The van der Waals surface area contributed by atoms with Crippen LogP contribution in [0.3, 0.4) is 0 Å². The lowest BCUT2D eigenvalue weighted by atomic mass is 10.5. The highest BCUT2D eigenvalue weighted by atomic mass is 127. The Balaban J connectivity index is 3.71. The third kappa shape index (κ3) is 3.29. The number of hydrogen-bond donors (Lipinski definition) is 0. The second-order valence-electron chi connectivity index (χ2n) is 2.42. The van der Waals surface area contributed by atoms with Gasteiger partial charge in [0.2, 0.25) is 0 Å². The van der Waals surface area contributed by atoms with E-state index in [1.807, 2.05) is 19.0 Å². The zero-order valence-electron chi connectivity index (χ0n) is 6.89. The lowest BCUT2D eigenvalue weighted by Crippen LogP contribution is -2.28. The molecule has 0 aromatic carbocycles. The highest BCUT2D eigenvalue weighted by Gasteiger charge is 2.00. The fourth-order valence-corrected chi connectivity index (χ4v) is 1.32. The lowest BCUT2D eigenvalue weighted by molar-refractivity contribution is 0.316. The number of halogens is 1. The van der Waals surface area contributed by atoms with Gasteiger partial charge in [-0.3, -0.25) is 0 Å². The molecule has 2 nitrogen and oxygen atoms in total. The van der Waals surface area contributed by atoms with Gasteiger partial charge < -0.3 is 9.80 Å². The van der Waals surface area contributed by atoms with Crippen molar-refractivity contribution in [2.24, 2.45) is 0 Å². The van der Waals surface area contributed by atoms with Gasteiger partial charge in [0.05, 0.1) is 5.82 Å². The molecule has 0 aliphatic carbocycles. The molecule has 0 unspecified atom stereocenters. The van der Waals surface area contributed by atoms with Gasteiger partial charge in [0, 0.05) is 32.1 Å². The van der Waals surface area contributed by atoms with Crippen LogP contribution in [0.4, 0.5) is 0 Å². The third-order valence-electron chi connectivity index (χ3n) is 1.38. The van der Waals surface area contributed by atoms with Crippen molar-refractivity contribution in [1.29, 1.82) is 0 Å². The van der Waals surface area contributed by atoms with E-state index in [-0.39, 0.29) is 0 Å². The maximum atomic E-state index is 3.92. The Morgan fingerprint density at radius 1 is 1.40 bits per heavy atom. The van der Waals surface area contributed by atoms with Crippen LogP contribution in [0, 0.1) is 0 Å². The van der Waals surface area contributed by atoms with Gasteiger partial charge in [-0.25, -0.2) is 0 Å². The Morgan fingerprint density at radius 3 is 2.20 bits per heavy atom. The van der Waals surface area contributed by atoms with E-state index in [0.717, 1.165) is 16.8 Å². The van der Waals surface area contributed by atoms with Crippen molar-refractivity contribution in [3.8, 4) is 0 Å². The molecular weight excluding hydrogens is 239 g/mol. The Kier molecular flexibility index (Phi) is 4.85. The Labute approximate surface area is 77.0 Å². The Morgan fingerprint density at radius 2 is 1.90 bits per heavy atom. The minimum Gasteiger partial charge on any atom is -0.365 e. The molecule has 0 spiro atoms. The summed E-state index contributed by atoms with van der Waals surface area (Å²) in [4.78, 5) is 4.17. The third-order valence-corrected chi connectivity index (χ3v) is 1.86. The highest BCUT2D eigenvalue weighted by molar-refractivity contribution is 14.1. The zero-order chi connectivity index (χ0) is 8.15. The van der Waals surface area contributed by atoms with Gasteiger partial charge in [-0.05, 0) is 0 Å². The van der Waals surface area contributed by atoms with Crippen LogP contribution < -0.4 is 0 Å². The Hall–Kier alpha value is 0.0700. The smallest absolute Gasteiger partial charge is 0.0957 e. The molecule has 0 saturated heterocycles. The number of rotatable bonds is 4. The molecule has 10 heavy (non-hydrogen) atoms. The first kappa shape index (κ1) is 10.1. The van der Waals surface area contributed by atoms with Crippen LogP contribution in [-0.4, -0.2) is 41.9 Å². The average Bonchev–Trinajstić information content (AvgIpc) is 1.87. The molecule has 0 amide bonds. The summed E-state index contributed by atoms with van der Waals surface area (Å²) in [6.07, 6.45) is 0. The van der Waals surface area contributed by atoms with E-state index in [2.05, 4.69) is 41.1 Å². The molecule has 0 rings (SSSR count). The summed E-state index contributed by atoms with van der Waals surface area (Å²) in [7, 11) is 6.07. The van der Waals surface area contributed by atoms with Gasteiger partial charge in [-0.15, -0.1) is 0 Å². The van der Waals surface area contributed by atoms with E-state index in [9.17, 15) is 0 Å². The maximum Gasteiger partial charge on any atom is 0.0957 e. The summed E-state index contributed by atoms with van der Waals surface area (Å²) in [6.45, 7) is 4.99. The first-order chi connectivity index (χ1) is 4.59. The average molecular weight is 254 g/mol. The van der Waals surface area contributed by atoms with E-state index < -0.39 is 0 Å². The van der Waals surface area contributed by atoms with E-state index in [1.165, 1.54) is 0 Å². The van der Waals surface area contributed by atoms with Gasteiger partial charge >= 0.3 is 0 Å². The van der Waals surface area contributed by atoms with Gasteiger partial charge in [0.1, 0.15) is 0 Å². The van der Waals surface area contributed by atoms with Crippen LogP contribution in [0.2, 0.25) is 0 Å². The maximum absolute atomic E-state index is 3.92. The summed E-state index contributed by atoms with van der Waals surface area (Å²) in [5.74, 6) is 1.07. The van der Waals surface area contributed by atoms with Gasteiger partial charge in [0.15, 0.2) is 0 Å². The molecule has 0 aromatic heterocycles. The lowest BCUT2D eigenvalue weighted by Gasteiger charge is -2.26. The summed E-state index contributed by atoms with van der Waals surface area (Å²) in [5, 5.41) is 0. The minimum atomic E-state index is 1.07. The molecule has 3 heteroatoms. The minimum absolute atomic E-state index is 1.07. The van der Waals surface area contributed by atoms with Crippen molar-refractivity contribution in [3.63, 3.8) is 0 Å². The second-order valence-corrected chi connectivity index (χ2v) is 3.50. The fourth-order valence-electron chi connectivity index (χ4n) is 0.597. The summed E-state index contributed by atoms with van der Waals surface area (Å²) < 4.78 is 1.14. The highest BCUT2D eigenvalue weighted by Crippen LogP contribution is 2.00. The zero-order valence-corrected chi connectivity index (χ0v) is 9.05. The predicted octanol–water partition coefficient (Wildman–Crippen LogP) is 1.39. The largest absolute Gasteiger partial charge is 0.365 e. The van der Waals surface area contributed by atoms with Crippen LogP contribution in [0.25, 0.3) is 0 Å². The van der Waals surface area contributed by atoms with Crippen molar-refractivity contribution in [2.45, 2.75) is 0 Å². The topological polar surface area (TPSA) is 6.48 Å². The molecular formula is C7H15IN2. The predicted molar refractivity (Wildman–Crippen MR) is 54.3 cm³/mol. The summed E-state index contributed by atoms with van der Waals surface area (Å²) in [6, 6.07) is 0. The first-order valence-electron chi connectivity index (χ1n) is 3.23. The van der Waals surface area contributed by atoms with Gasteiger partial charge in [0.25, 0.3) is 0 Å². The molecule has 0 bridgehead atoms. The SMILES string of the molecule is C=C(N(C)C)N(C)CCI. The molecule has 0 aliphatic rings. The quantitative estimate of drug-likeness (QED) is 0.552. The molecule has 0 aromatic rings. The van der Waals surface area contributed by atoms with Crippen molar-refractivity contribution < 1.29 is 0 Å². The van der Waals surface area contributed by atoms with Crippen LogP contribution in [0.1, 0.15) is 0 Å². The summed E-state index contributed by atoms with van der Waals surface area (Å²) >= 11 is 2.36. The molecule has 0 N–H and O–H groups in total. The van der Waals surface area contributed by atoms with Gasteiger partial charge in [-0.1, -0.05) is 29.2 Å². The van der Waals surface area contributed by atoms with E-state index in [0.29, 0.717) is 0 Å². The van der Waals surface area contributed by atoms with Crippen molar-refractivity contribution in [2.75, 3.05) is 32.1 Å². The van der Waals surface area contributed by atoms with Gasteiger partial charge in [-0.2, -0.15) is 0 Å².